The van der Waals surface area contributed by atoms with E-state index in [9.17, 15) is 4.79 Å². The molecule has 28 heavy (non-hydrogen) atoms. The number of carbonyl (C=O) groups excluding carboxylic acids is 1. The average Bonchev–Trinajstić information content (AvgIpc) is 3.00. The number of ether oxygens (including phenoxy) is 1. The Morgan fingerprint density at radius 1 is 1.07 bits per heavy atom. The summed E-state index contributed by atoms with van der Waals surface area (Å²) in [6, 6.07) is 13.4. The Kier molecular flexibility index (Phi) is 6.26. The van der Waals surface area contributed by atoms with Gasteiger partial charge in [-0.1, -0.05) is 24.3 Å². The first-order valence-corrected chi connectivity index (χ1v) is 9.29. The Bertz CT molecular complexity index is 937. The van der Waals surface area contributed by atoms with E-state index in [4.69, 9.17) is 4.74 Å². The molecular formula is C21H25N5O2. The normalized spacial score (nSPS) is 10.5. The molecule has 0 aliphatic rings. The molecular weight excluding hydrogens is 354 g/mol. The fourth-order valence-corrected chi connectivity index (χ4v) is 2.98. The number of nitrogens with one attached hydrogen (secondary N) is 2. The molecule has 0 aliphatic carbocycles. The van der Waals surface area contributed by atoms with E-state index in [2.05, 4.69) is 20.7 Å². The topological polar surface area (TPSA) is 81.1 Å². The minimum Gasteiger partial charge on any atom is -0.478 e. The Balaban J connectivity index is 1.60. The standard InChI is InChI=1S/C21H25N5O2/c1-4-28-20-17(9-8-12-22-20)13-23-21(27)24-14-19-15(2)25-26(16(19)3)18-10-6-5-7-11-18/h5-12H,4,13-14H2,1-3H3,(H2,23,24,27). The number of pyridine rings is 1. The third-order valence-electron chi connectivity index (χ3n) is 4.44. The van der Waals surface area contributed by atoms with Gasteiger partial charge in [-0.3, -0.25) is 0 Å². The molecule has 0 bridgehead atoms. The van der Waals surface area contributed by atoms with Gasteiger partial charge in [-0.05, 0) is 39.0 Å². The van der Waals surface area contributed by atoms with Gasteiger partial charge in [0, 0.05) is 36.1 Å². The first-order chi connectivity index (χ1) is 13.6. The van der Waals surface area contributed by atoms with Crippen LogP contribution < -0.4 is 15.4 Å². The molecule has 1 aromatic carbocycles. The predicted molar refractivity (Wildman–Crippen MR) is 108 cm³/mol. The second-order valence-corrected chi connectivity index (χ2v) is 6.33. The number of amides is 2. The summed E-state index contributed by atoms with van der Waals surface area (Å²) in [7, 11) is 0. The predicted octanol–water partition coefficient (Wildman–Crippen LogP) is 3.28. The zero-order valence-electron chi connectivity index (χ0n) is 16.4. The van der Waals surface area contributed by atoms with E-state index < -0.39 is 0 Å². The van der Waals surface area contributed by atoms with E-state index in [1.54, 1.807) is 6.20 Å². The Labute approximate surface area is 164 Å². The first-order valence-electron chi connectivity index (χ1n) is 9.29. The number of para-hydroxylation sites is 1. The zero-order chi connectivity index (χ0) is 19.9. The lowest BCUT2D eigenvalue weighted by molar-refractivity contribution is 0.240. The molecule has 0 saturated carbocycles. The van der Waals surface area contributed by atoms with Crippen molar-refractivity contribution in [3.8, 4) is 11.6 Å². The molecule has 7 heteroatoms. The van der Waals surface area contributed by atoms with Crippen LogP contribution in [0.25, 0.3) is 5.69 Å². The average molecular weight is 379 g/mol. The van der Waals surface area contributed by atoms with Crippen molar-refractivity contribution in [2.45, 2.75) is 33.9 Å². The highest BCUT2D eigenvalue weighted by Gasteiger charge is 2.14. The number of nitrogens with zero attached hydrogens (tertiary/aromatic N) is 3. The summed E-state index contributed by atoms with van der Waals surface area (Å²) >= 11 is 0. The molecule has 7 nitrogen and oxygen atoms in total. The van der Waals surface area contributed by atoms with Crippen molar-refractivity contribution in [3.05, 3.63) is 71.2 Å². The molecule has 3 aromatic rings. The molecule has 0 fully saturated rings. The summed E-state index contributed by atoms with van der Waals surface area (Å²) in [6.07, 6.45) is 1.67. The van der Waals surface area contributed by atoms with Gasteiger partial charge >= 0.3 is 6.03 Å². The van der Waals surface area contributed by atoms with Crippen LogP contribution in [0.2, 0.25) is 0 Å². The molecule has 0 radical (unpaired) electrons. The fraction of sp³-hybridized carbons (Fsp3) is 0.286. The Morgan fingerprint density at radius 2 is 1.82 bits per heavy atom. The van der Waals surface area contributed by atoms with Gasteiger partial charge in [0.1, 0.15) is 0 Å². The van der Waals surface area contributed by atoms with E-state index in [0.717, 1.165) is 28.2 Å². The van der Waals surface area contributed by atoms with Crippen LogP contribution in [0.15, 0.2) is 48.7 Å². The number of hydrogen-bond acceptors (Lipinski definition) is 4. The summed E-state index contributed by atoms with van der Waals surface area (Å²) in [6.45, 7) is 7.13. The lowest BCUT2D eigenvalue weighted by atomic mass is 10.2. The molecule has 146 valence electrons. The van der Waals surface area contributed by atoms with Crippen LogP contribution in [-0.4, -0.2) is 27.4 Å². The lowest BCUT2D eigenvalue weighted by Crippen LogP contribution is -2.35. The number of carbonyl (C=O) groups is 1. The van der Waals surface area contributed by atoms with Gasteiger partial charge in [0.25, 0.3) is 0 Å². The van der Waals surface area contributed by atoms with Gasteiger partial charge in [-0.2, -0.15) is 5.10 Å². The SMILES string of the molecule is CCOc1ncccc1CNC(=O)NCc1c(C)nn(-c2ccccc2)c1C. The quantitative estimate of drug-likeness (QED) is 0.660. The van der Waals surface area contributed by atoms with E-state index in [1.807, 2.05) is 67.9 Å². The lowest BCUT2D eigenvalue weighted by Gasteiger charge is -2.11. The molecule has 0 atom stereocenters. The van der Waals surface area contributed by atoms with Gasteiger partial charge in [-0.15, -0.1) is 0 Å². The van der Waals surface area contributed by atoms with Crippen molar-refractivity contribution in [2.24, 2.45) is 0 Å². The highest BCUT2D eigenvalue weighted by molar-refractivity contribution is 5.74. The zero-order valence-corrected chi connectivity index (χ0v) is 16.4. The van der Waals surface area contributed by atoms with E-state index in [-0.39, 0.29) is 6.03 Å². The second kappa shape index (κ2) is 9.03. The van der Waals surface area contributed by atoms with Gasteiger partial charge in [0.15, 0.2) is 0 Å². The van der Waals surface area contributed by atoms with Crippen LogP contribution in [0.3, 0.4) is 0 Å². The van der Waals surface area contributed by atoms with E-state index in [0.29, 0.717) is 25.6 Å². The molecule has 0 unspecified atom stereocenters. The van der Waals surface area contributed by atoms with Crippen molar-refractivity contribution in [1.82, 2.24) is 25.4 Å². The maximum Gasteiger partial charge on any atom is 0.315 e. The Hall–Kier alpha value is -3.35. The Morgan fingerprint density at radius 3 is 2.57 bits per heavy atom. The van der Waals surface area contributed by atoms with Crippen LogP contribution in [0, 0.1) is 13.8 Å². The molecule has 2 N–H and O–H groups in total. The monoisotopic (exact) mass is 379 g/mol. The van der Waals surface area contributed by atoms with Gasteiger partial charge in [0.05, 0.1) is 18.0 Å². The van der Waals surface area contributed by atoms with Crippen molar-refractivity contribution in [3.63, 3.8) is 0 Å². The molecule has 0 aliphatic heterocycles. The van der Waals surface area contributed by atoms with Gasteiger partial charge in [0.2, 0.25) is 5.88 Å². The third kappa shape index (κ3) is 4.49. The van der Waals surface area contributed by atoms with Crippen LogP contribution in [0.4, 0.5) is 4.79 Å². The summed E-state index contributed by atoms with van der Waals surface area (Å²) in [5.74, 6) is 0.543. The van der Waals surface area contributed by atoms with E-state index >= 15 is 0 Å². The van der Waals surface area contributed by atoms with Crippen LogP contribution in [0.1, 0.15) is 29.4 Å². The highest BCUT2D eigenvalue weighted by Crippen LogP contribution is 2.17. The highest BCUT2D eigenvalue weighted by atomic mass is 16.5. The summed E-state index contributed by atoms with van der Waals surface area (Å²) < 4.78 is 7.38. The van der Waals surface area contributed by atoms with Crippen LogP contribution in [0.5, 0.6) is 5.88 Å². The minimum absolute atomic E-state index is 0.252. The minimum atomic E-state index is -0.252. The van der Waals surface area contributed by atoms with Crippen molar-refractivity contribution < 1.29 is 9.53 Å². The van der Waals surface area contributed by atoms with Crippen molar-refractivity contribution in [1.29, 1.82) is 0 Å². The number of urea groups is 1. The first kappa shape index (κ1) is 19.4. The largest absolute Gasteiger partial charge is 0.478 e. The molecule has 0 spiro atoms. The van der Waals surface area contributed by atoms with Gasteiger partial charge in [-0.25, -0.2) is 14.5 Å². The number of hydrogen-bond donors (Lipinski definition) is 2. The number of aromatic nitrogens is 3. The number of benzene rings is 1. The van der Waals surface area contributed by atoms with Crippen molar-refractivity contribution >= 4 is 6.03 Å². The number of aryl methyl sites for hydroxylation is 1. The van der Waals surface area contributed by atoms with E-state index in [1.165, 1.54) is 0 Å². The summed E-state index contributed by atoms with van der Waals surface area (Å²) in [4.78, 5) is 16.4. The molecule has 2 amide bonds. The smallest absolute Gasteiger partial charge is 0.315 e. The molecule has 3 rings (SSSR count). The molecule has 2 heterocycles. The third-order valence-corrected chi connectivity index (χ3v) is 4.44. The van der Waals surface area contributed by atoms with Crippen LogP contribution in [-0.2, 0) is 13.1 Å². The maximum atomic E-state index is 12.2. The fourth-order valence-electron chi connectivity index (χ4n) is 2.98. The molecule has 2 aromatic heterocycles. The maximum absolute atomic E-state index is 12.2. The van der Waals surface area contributed by atoms with Gasteiger partial charge < -0.3 is 15.4 Å². The number of rotatable bonds is 7. The van der Waals surface area contributed by atoms with Crippen LogP contribution >= 0.6 is 0 Å². The second-order valence-electron chi connectivity index (χ2n) is 6.33. The summed E-state index contributed by atoms with van der Waals surface area (Å²) in [5, 5.41) is 10.4. The summed E-state index contributed by atoms with van der Waals surface area (Å²) in [5.41, 5.74) is 4.75. The molecule has 0 saturated heterocycles. The van der Waals surface area contributed by atoms with Crippen molar-refractivity contribution in [2.75, 3.05) is 6.61 Å².